The van der Waals surface area contributed by atoms with Crippen molar-refractivity contribution in [3.63, 3.8) is 0 Å². The molecule has 24 heavy (non-hydrogen) atoms. The van der Waals surface area contributed by atoms with Crippen LogP contribution in [0.2, 0.25) is 0 Å². The molecule has 3 rings (SSSR count). The van der Waals surface area contributed by atoms with Gasteiger partial charge in [-0.3, -0.25) is 0 Å². The van der Waals surface area contributed by atoms with E-state index in [1.54, 1.807) is 16.4 Å². The van der Waals surface area contributed by atoms with Crippen molar-refractivity contribution in [2.45, 2.75) is 49.5 Å². The molecule has 0 radical (unpaired) electrons. The van der Waals surface area contributed by atoms with Crippen molar-refractivity contribution in [1.29, 1.82) is 0 Å². The number of piperidine rings is 1. The van der Waals surface area contributed by atoms with Crippen LogP contribution in [-0.4, -0.2) is 31.6 Å². The molecule has 0 spiro atoms. The monoisotopic (exact) mass is 345 g/mol. The van der Waals surface area contributed by atoms with Crippen molar-refractivity contribution in [1.82, 2.24) is 4.31 Å². The van der Waals surface area contributed by atoms with Gasteiger partial charge < -0.3 is 4.79 Å². The van der Waals surface area contributed by atoms with Crippen LogP contribution >= 0.6 is 0 Å². The first kappa shape index (κ1) is 17.1. The topological polar surface area (TPSA) is 54.5 Å². The van der Waals surface area contributed by atoms with Gasteiger partial charge in [-0.25, -0.2) is 8.42 Å². The van der Waals surface area contributed by atoms with Gasteiger partial charge in [0, 0.05) is 19.0 Å². The van der Waals surface area contributed by atoms with Crippen molar-refractivity contribution >= 4 is 27.1 Å². The molecule has 1 heterocycles. The molecule has 128 valence electrons. The summed E-state index contributed by atoms with van der Waals surface area (Å²) in [5.41, 5.74) is 0. The van der Waals surface area contributed by atoms with Gasteiger partial charge in [0.15, 0.2) is 0 Å². The third kappa shape index (κ3) is 3.52. The van der Waals surface area contributed by atoms with Crippen molar-refractivity contribution < 1.29 is 13.2 Å². The van der Waals surface area contributed by atoms with Crippen molar-refractivity contribution in [3.05, 3.63) is 42.5 Å². The van der Waals surface area contributed by atoms with E-state index in [1.165, 1.54) is 0 Å². The average molecular weight is 345 g/mol. The molecule has 1 atom stereocenters. The van der Waals surface area contributed by atoms with Gasteiger partial charge >= 0.3 is 0 Å². The first-order chi connectivity index (χ1) is 11.6. The van der Waals surface area contributed by atoms with Gasteiger partial charge in [-0.15, -0.1) is 0 Å². The number of hydrogen-bond donors (Lipinski definition) is 0. The number of fused-ring (bicyclic) bond motifs is 1. The maximum Gasteiger partial charge on any atom is 0.243 e. The number of sulfonamides is 1. The van der Waals surface area contributed by atoms with Gasteiger partial charge in [-0.2, -0.15) is 4.31 Å². The fourth-order valence-electron chi connectivity index (χ4n) is 3.48. The molecule has 4 nitrogen and oxygen atoms in total. The third-order valence-electron chi connectivity index (χ3n) is 4.76. The number of aldehydes is 1. The van der Waals surface area contributed by atoms with E-state index in [0.29, 0.717) is 17.9 Å². The van der Waals surface area contributed by atoms with Crippen LogP contribution in [0, 0.1) is 0 Å². The van der Waals surface area contributed by atoms with Crippen LogP contribution in [0.3, 0.4) is 0 Å². The number of unbranched alkanes of at least 4 members (excludes halogenated alkanes) is 1. The molecule has 1 aliphatic rings. The van der Waals surface area contributed by atoms with Crippen molar-refractivity contribution in [3.8, 4) is 0 Å². The van der Waals surface area contributed by atoms with E-state index >= 15 is 0 Å². The maximum absolute atomic E-state index is 13.1. The van der Waals surface area contributed by atoms with E-state index < -0.39 is 10.0 Å². The smallest absolute Gasteiger partial charge is 0.243 e. The van der Waals surface area contributed by atoms with Gasteiger partial charge in [0.2, 0.25) is 10.0 Å². The zero-order valence-electron chi connectivity index (χ0n) is 13.7. The minimum Gasteiger partial charge on any atom is -0.303 e. The van der Waals surface area contributed by atoms with Crippen LogP contribution in [0.15, 0.2) is 47.4 Å². The lowest BCUT2D eigenvalue weighted by Gasteiger charge is -2.34. The minimum atomic E-state index is -3.49. The summed E-state index contributed by atoms with van der Waals surface area (Å²) in [6, 6.07) is 13.1. The van der Waals surface area contributed by atoms with Crippen LogP contribution < -0.4 is 0 Å². The highest BCUT2D eigenvalue weighted by Crippen LogP contribution is 2.29. The molecule has 0 aromatic heterocycles. The maximum atomic E-state index is 13.1. The van der Waals surface area contributed by atoms with Crippen molar-refractivity contribution in [2.24, 2.45) is 0 Å². The highest BCUT2D eigenvalue weighted by Gasteiger charge is 2.33. The Morgan fingerprint density at radius 2 is 1.88 bits per heavy atom. The lowest BCUT2D eigenvalue weighted by Crippen LogP contribution is -2.43. The van der Waals surface area contributed by atoms with Crippen LogP contribution in [0.25, 0.3) is 10.8 Å². The van der Waals surface area contributed by atoms with E-state index in [1.807, 2.05) is 30.3 Å². The molecular formula is C19H23NO3S. The first-order valence-corrected chi connectivity index (χ1v) is 10.0. The molecule has 1 aliphatic heterocycles. The summed E-state index contributed by atoms with van der Waals surface area (Å²) in [5, 5.41) is 1.98. The molecule has 0 bridgehead atoms. The summed E-state index contributed by atoms with van der Waals surface area (Å²) >= 11 is 0. The fraction of sp³-hybridized carbons (Fsp3) is 0.421. The predicted molar refractivity (Wildman–Crippen MR) is 95.4 cm³/mol. The van der Waals surface area contributed by atoms with Crippen LogP contribution in [0.4, 0.5) is 0 Å². The molecule has 2 aromatic rings. The number of benzene rings is 2. The summed E-state index contributed by atoms with van der Waals surface area (Å²) in [5.74, 6) is 0. The highest BCUT2D eigenvalue weighted by molar-refractivity contribution is 7.89. The molecule has 1 fully saturated rings. The Morgan fingerprint density at radius 3 is 2.67 bits per heavy atom. The van der Waals surface area contributed by atoms with Crippen LogP contribution in [-0.2, 0) is 14.8 Å². The zero-order valence-corrected chi connectivity index (χ0v) is 14.5. The Kier molecular flexibility index (Phi) is 5.31. The number of carbonyl (C=O) groups excluding carboxylic acids is 1. The zero-order chi connectivity index (χ0) is 17.0. The van der Waals surface area contributed by atoms with E-state index in [-0.39, 0.29) is 6.04 Å². The molecule has 2 aromatic carbocycles. The highest BCUT2D eigenvalue weighted by atomic mass is 32.2. The lowest BCUT2D eigenvalue weighted by molar-refractivity contribution is -0.108. The number of hydrogen-bond acceptors (Lipinski definition) is 3. The van der Waals surface area contributed by atoms with Crippen LogP contribution in [0.1, 0.15) is 38.5 Å². The number of nitrogens with zero attached hydrogens (tertiary/aromatic N) is 1. The third-order valence-corrected chi connectivity index (χ3v) is 6.71. The molecule has 0 saturated carbocycles. The summed E-state index contributed by atoms with van der Waals surface area (Å²) in [6.07, 6.45) is 5.74. The Balaban J connectivity index is 1.89. The second kappa shape index (κ2) is 7.45. The Labute approximate surface area is 143 Å². The second-order valence-corrected chi connectivity index (χ2v) is 8.26. The molecule has 0 N–H and O–H groups in total. The van der Waals surface area contributed by atoms with E-state index in [9.17, 15) is 13.2 Å². The summed E-state index contributed by atoms with van der Waals surface area (Å²) in [6.45, 7) is 0.570. The van der Waals surface area contributed by atoms with Gasteiger partial charge in [-0.05, 0) is 48.6 Å². The molecule has 1 saturated heterocycles. The van der Waals surface area contributed by atoms with E-state index in [2.05, 4.69) is 0 Å². The standard InChI is InChI=1S/C19H23NO3S/c21-14-6-4-10-18-9-3-5-13-20(18)24(22,23)19-12-11-16-7-1-2-8-17(16)15-19/h1-2,7-8,11-12,14-15,18H,3-6,9-10,13H2. The summed E-state index contributed by atoms with van der Waals surface area (Å²) in [4.78, 5) is 10.9. The molecular weight excluding hydrogens is 322 g/mol. The number of rotatable bonds is 6. The van der Waals surface area contributed by atoms with E-state index in [0.717, 1.165) is 49.2 Å². The second-order valence-electron chi connectivity index (χ2n) is 6.37. The summed E-state index contributed by atoms with van der Waals surface area (Å²) < 4.78 is 27.9. The SMILES string of the molecule is O=CCCCC1CCCCN1S(=O)(=O)c1ccc2ccccc2c1. The molecule has 1 unspecified atom stereocenters. The van der Waals surface area contributed by atoms with Crippen LogP contribution in [0.5, 0.6) is 0 Å². The fourth-order valence-corrected chi connectivity index (χ4v) is 5.24. The summed E-state index contributed by atoms with van der Waals surface area (Å²) in [7, 11) is -3.49. The first-order valence-electron chi connectivity index (χ1n) is 8.57. The Morgan fingerprint density at radius 1 is 1.08 bits per heavy atom. The molecule has 5 heteroatoms. The molecule has 0 amide bonds. The molecule has 0 aliphatic carbocycles. The Bertz CT molecular complexity index is 816. The largest absolute Gasteiger partial charge is 0.303 e. The Hall–Kier alpha value is -1.72. The van der Waals surface area contributed by atoms with Gasteiger partial charge in [-0.1, -0.05) is 36.8 Å². The van der Waals surface area contributed by atoms with Gasteiger partial charge in [0.1, 0.15) is 6.29 Å². The average Bonchev–Trinajstić information content (AvgIpc) is 2.62. The quantitative estimate of drug-likeness (QED) is 0.592. The lowest BCUT2D eigenvalue weighted by atomic mass is 10.00. The normalized spacial score (nSPS) is 19.4. The number of carbonyl (C=O) groups is 1. The van der Waals surface area contributed by atoms with Gasteiger partial charge in [0.05, 0.1) is 4.90 Å². The minimum absolute atomic E-state index is 0.00942. The van der Waals surface area contributed by atoms with E-state index in [4.69, 9.17) is 0 Å². The van der Waals surface area contributed by atoms with Crippen molar-refractivity contribution in [2.75, 3.05) is 6.54 Å². The van der Waals surface area contributed by atoms with Gasteiger partial charge in [0.25, 0.3) is 0 Å². The predicted octanol–water partition coefficient (Wildman–Crippen LogP) is 3.75.